The summed E-state index contributed by atoms with van der Waals surface area (Å²) in [6, 6.07) is 6.62. The summed E-state index contributed by atoms with van der Waals surface area (Å²) in [6.07, 6.45) is 6.12. The molecular formula is C17H15FN4S. The Hall–Kier alpha value is -2.21. The van der Waals surface area contributed by atoms with E-state index in [0.29, 0.717) is 11.4 Å². The lowest BCUT2D eigenvalue weighted by atomic mass is 9.97. The average Bonchev–Trinajstić information content (AvgIpc) is 2.96. The van der Waals surface area contributed by atoms with Crippen LogP contribution in [-0.2, 0) is 19.4 Å². The summed E-state index contributed by atoms with van der Waals surface area (Å²) in [6.45, 7) is 0.213. The Morgan fingerprint density at radius 1 is 1.13 bits per heavy atom. The lowest BCUT2D eigenvalue weighted by Gasteiger charge is -2.10. The normalized spacial score (nSPS) is 14.5. The second-order valence-electron chi connectivity index (χ2n) is 5.58. The van der Waals surface area contributed by atoms with E-state index in [2.05, 4.69) is 20.2 Å². The van der Waals surface area contributed by atoms with Crippen LogP contribution < -0.4 is 0 Å². The molecular weight excluding hydrogens is 311 g/mol. The van der Waals surface area contributed by atoms with Crippen molar-refractivity contribution in [2.45, 2.75) is 32.2 Å². The standard InChI is InChI=1S/C17H15FN4S/c18-13-7-3-1-5-11(13)9-21-22-16-15-12-6-2-4-8-14(12)23-17(15)20-10-19-16/h1,3,5,7,10H,2,4,6,8-9H2. The molecule has 4 rings (SSSR count). The molecule has 1 aromatic carbocycles. The fraction of sp³-hybridized carbons (Fsp3) is 0.294. The summed E-state index contributed by atoms with van der Waals surface area (Å²) in [5.41, 5.74) is 1.87. The number of aromatic nitrogens is 2. The summed E-state index contributed by atoms with van der Waals surface area (Å²) < 4.78 is 13.6. The van der Waals surface area contributed by atoms with Crippen LogP contribution in [0.4, 0.5) is 10.2 Å². The van der Waals surface area contributed by atoms with E-state index in [-0.39, 0.29) is 12.4 Å². The van der Waals surface area contributed by atoms with Crippen LogP contribution in [0.1, 0.15) is 28.8 Å². The van der Waals surface area contributed by atoms with Crippen molar-refractivity contribution in [2.24, 2.45) is 10.2 Å². The number of hydrogen-bond acceptors (Lipinski definition) is 5. The third-order valence-electron chi connectivity index (χ3n) is 4.10. The van der Waals surface area contributed by atoms with E-state index in [9.17, 15) is 4.39 Å². The molecule has 0 saturated carbocycles. The van der Waals surface area contributed by atoms with Gasteiger partial charge in [-0.15, -0.1) is 16.5 Å². The minimum atomic E-state index is -0.257. The highest BCUT2D eigenvalue weighted by Gasteiger charge is 2.19. The van der Waals surface area contributed by atoms with Gasteiger partial charge in [0, 0.05) is 10.4 Å². The van der Waals surface area contributed by atoms with E-state index < -0.39 is 0 Å². The molecule has 3 aromatic rings. The maximum atomic E-state index is 13.6. The van der Waals surface area contributed by atoms with Crippen LogP contribution >= 0.6 is 11.3 Å². The number of fused-ring (bicyclic) bond motifs is 3. The van der Waals surface area contributed by atoms with Crippen molar-refractivity contribution in [3.63, 3.8) is 0 Å². The molecule has 4 nitrogen and oxygen atoms in total. The van der Waals surface area contributed by atoms with E-state index in [0.717, 1.165) is 23.1 Å². The number of halogens is 1. The zero-order valence-electron chi connectivity index (χ0n) is 12.5. The van der Waals surface area contributed by atoms with Crippen LogP contribution in [0, 0.1) is 5.82 Å². The Morgan fingerprint density at radius 3 is 2.91 bits per heavy atom. The van der Waals surface area contributed by atoms with Gasteiger partial charge in [-0.2, -0.15) is 5.11 Å². The van der Waals surface area contributed by atoms with Crippen LogP contribution in [0.2, 0.25) is 0 Å². The lowest BCUT2D eigenvalue weighted by molar-refractivity contribution is 0.609. The molecule has 23 heavy (non-hydrogen) atoms. The van der Waals surface area contributed by atoms with Gasteiger partial charge in [0.2, 0.25) is 0 Å². The summed E-state index contributed by atoms with van der Waals surface area (Å²) in [4.78, 5) is 11.0. The molecule has 6 heteroatoms. The van der Waals surface area contributed by atoms with Crippen LogP contribution in [0.3, 0.4) is 0 Å². The molecule has 2 heterocycles. The molecule has 0 aliphatic heterocycles. The summed E-state index contributed by atoms with van der Waals surface area (Å²) in [5, 5.41) is 9.45. The molecule has 116 valence electrons. The highest BCUT2D eigenvalue weighted by atomic mass is 32.1. The van der Waals surface area contributed by atoms with Crippen molar-refractivity contribution >= 4 is 27.4 Å². The van der Waals surface area contributed by atoms with Crippen LogP contribution in [-0.4, -0.2) is 9.97 Å². The molecule has 0 bridgehead atoms. The Balaban J connectivity index is 1.68. The number of thiophene rings is 1. The number of hydrogen-bond donors (Lipinski definition) is 0. The molecule has 0 unspecified atom stereocenters. The van der Waals surface area contributed by atoms with Crippen molar-refractivity contribution in [1.29, 1.82) is 0 Å². The summed E-state index contributed by atoms with van der Waals surface area (Å²) >= 11 is 1.73. The first-order chi connectivity index (χ1) is 11.3. The van der Waals surface area contributed by atoms with Gasteiger partial charge in [0.1, 0.15) is 17.0 Å². The van der Waals surface area contributed by atoms with Crippen molar-refractivity contribution in [2.75, 3.05) is 0 Å². The summed E-state index contributed by atoms with van der Waals surface area (Å²) in [5.74, 6) is 0.345. The smallest absolute Gasteiger partial charge is 0.186 e. The zero-order chi connectivity index (χ0) is 15.6. The van der Waals surface area contributed by atoms with E-state index in [1.54, 1.807) is 29.5 Å². The highest BCUT2D eigenvalue weighted by molar-refractivity contribution is 7.18. The van der Waals surface area contributed by atoms with Gasteiger partial charge in [0.05, 0.1) is 11.9 Å². The molecule has 1 aliphatic rings. The first-order valence-electron chi connectivity index (χ1n) is 7.69. The minimum Gasteiger partial charge on any atom is -0.225 e. The average molecular weight is 326 g/mol. The first-order valence-corrected chi connectivity index (χ1v) is 8.51. The SMILES string of the molecule is Fc1ccccc1CN=Nc1ncnc2sc3c(c12)CCCC3. The number of nitrogens with zero attached hydrogens (tertiary/aromatic N) is 4. The van der Waals surface area contributed by atoms with Crippen LogP contribution in [0.15, 0.2) is 40.8 Å². The molecule has 0 N–H and O–H groups in total. The van der Waals surface area contributed by atoms with Crippen molar-refractivity contribution in [1.82, 2.24) is 9.97 Å². The van der Waals surface area contributed by atoms with Crippen molar-refractivity contribution in [3.05, 3.63) is 52.4 Å². The van der Waals surface area contributed by atoms with Gasteiger partial charge < -0.3 is 0 Å². The maximum absolute atomic E-state index is 13.6. The number of rotatable bonds is 3. The topological polar surface area (TPSA) is 50.5 Å². The molecule has 0 radical (unpaired) electrons. The molecule has 0 saturated heterocycles. The number of benzene rings is 1. The van der Waals surface area contributed by atoms with E-state index >= 15 is 0 Å². The van der Waals surface area contributed by atoms with Gasteiger partial charge in [-0.3, -0.25) is 0 Å². The minimum absolute atomic E-state index is 0.213. The fourth-order valence-corrected chi connectivity index (χ4v) is 4.18. The van der Waals surface area contributed by atoms with Gasteiger partial charge in [0.25, 0.3) is 0 Å². The Bertz CT molecular complexity index is 887. The Morgan fingerprint density at radius 2 is 2.00 bits per heavy atom. The van der Waals surface area contributed by atoms with Gasteiger partial charge in [0.15, 0.2) is 5.82 Å². The van der Waals surface area contributed by atoms with Crippen molar-refractivity contribution < 1.29 is 4.39 Å². The van der Waals surface area contributed by atoms with Gasteiger partial charge in [-0.05, 0) is 37.3 Å². The maximum Gasteiger partial charge on any atom is 0.186 e. The third-order valence-corrected chi connectivity index (χ3v) is 5.30. The first kappa shape index (κ1) is 14.4. The van der Waals surface area contributed by atoms with Gasteiger partial charge >= 0.3 is 0 Å². The van der Waals surface area contributed by atoms with E-state index in [1.165, 1.54) is 35.7 Å². The Kier molecular flexibility index (Phi) is 3.83. The predicted octanol–water partition coefficient (Wildman–Crippen LogP) is 4.99. The molecule has 0 atom stereocenters. The fourth-order valence-electron chi connectivity index (χ4n) is 2.95. The quantitative estimate of drug-likeness (QED) is 0.636. The molecule has 0 spiro atoms. The lowest BCUT2D eigenvalue weighted by Crippen LogP contribution is -1.98. The third kappa shape index (κ3) is 2.74. The molecule has 0 amide bonds. The highest BCUT2D eigenvalue weighted by Crippen LogP contribution is 2.39. The Labute approximate surface area is 137 Å². The van der Waals surface area contributed by atoms with Crippen LogP contribution in [0.25, 0.3) is 10.2 Å². The van der Waals surface area contributed by atoms with Gasteiger partial charge in [-0.25, -0.2) is 14.4 Å². The number of aryl methyl sites for hydroxylation is 2. The van der Waals surface area contributed by atoms with E-state index in [1.807, 2.05) is 0 Å². The molecule has 0 fully saturated rings. The predicted molar refractivity (Wildman–Crippen MR) is 88.7 cm³/mol. The number of azo groups is 1. The zero-order valence-corrected chi connectivity index (χ0v) is 13.3. The molecule has 2 aromatic heterocycles. The van der Waals surface area contributed by atoms with Crippen molar-refractivity contribution in [3.8, 4) is 0 Å². The van der Waals surface area contributed by atoms with Crippen LogP contribution in [0.5, 0.6) is 0 Å². The summed E-state index contributed by atoms with van der Waals surface area (Å²) in [7, 11) is 0. The monoisotopic (exact) mass is 326 g/mol. The second kappa shape index (κ2) is 6.12. The second-order valence-corrected chi connectivity index (χ2v) is 6.66. The van der Waals surface area contributed by atoms with Gasteiger partial charge in [-0.1, -0.05) is 18.2 Å². The largest absolute Gasteiger partial charge is 0.225 e. The molecule has 1 aliphatic carbocycles. The van der Waals surface area contributed by atoms with E-state index in [4.69, 9.17) is 0 Å².